The third-order valence-electron chi connectivity index (χ3n) is 2.78. The number of nitrogen functional groups attached to an aromatic ring is 1. The minimum absolute atomic E-state index is 0.167. The monoisotopic (exact) mass is 279 g/mol. The van der Waals surface area contributed by atoms with Crippen molar-refractivity contribution in [3.63, 3.8) is 0 Å². The van der Waals surface area contributed by atoms with Crippen LogP contribution in [0, 0.1) is 6.92 Å². The molecule has 0 unspecified atom stereocenters. The second-order valence-corrected chi connectivity index (χ2v) is 5.10. The number of hydrogen-bond acceptors (Lipinski definition) is 5. The fourth-order valence-electron chi connectivity index (χ4n) is 1.83. The van der Waals surface area contributed by atoms with Gasteiger partial charge in [-0.3, -0.25) is 4.79 Å². The van der Waals surface area contributed by atoms with E-state index in [0.29, 0.717) is 30.3 Å². The molecular weight excluding hydrogens is 262 g/mol. The number of nitrogens with two attached hydrogens (primary N) is 1. The number of fused-ring (bicyclic) bond motifs is 1. The smallest absolute Gasteiger partial charge is 0.263 e. The number of aryl methyl sites for hydroxylation is 1. The molecule has 19 heavy (non-hydrogen) atoms. The molecule has 5 nitrogen and oxygen atoms in total. The predicted octanol–water partition coefficient (Wildman–Crippen LogP) is 1.95. The van der Waals surface area contributed by atoms with Gasteiger partial charge in [0.15, 0.2) is 0 Å². The molecule has 0 atom stereocenters. The molecule has 0 aromatic carbocycles. The van der Waals surface area contributed by atoms with E-state index >= 15 is 0 Å². The Labute approximate surface area is 115 Å². The van der Waals surface area contributed by atoms with E-state index in [-0.39, 0.29) is 5.91 Å². The number of amides is 1. The van der Waals surface area contributed by atoms with Gasteiger partial charge < -0.3 is 15.8 Å². The number of nitrogens with zero attached hydrogens (tertiary/aromatic N) is 1. The number of thiophene rings is 1. The van der Waals surface area contributed by atoms with Crippen molar-refractivity contribution >= 4 is 33.1 Å². The lowest BCUT2D eigenvalue weighted by atomic mass is 10.2. The first-order valence-corrected chi connectivity index (χ1v) is 6.96. The summed E-state index contributed by atoms with van der Waals surface area (Å²) in [5, 5.41) is 3.67. The first-order valence-electron chi connectivity index (χ1n) is 6.14. The molecule has 2 aromatic rings. The van der Waals surface area contributed by atoms with Crippen LogP contribution in [0.25, 0.3) is 10.2 Å². The third-order valence-corrected chi connectivity index (χ3v) is 3.89. The van der Waals surface area contributed by atoms with Crippen molar-refractivity contribution in [3.05, 3.63) is 22.7 Å². The molecule has 1 amide bonds. The molecule has 0 radical (unpaired) electrons. The van der Waals surface area contributed by atoms with Crippen LogP contribution in [0.15, 0.2) is 12.3 Å². The van der Waals surface area contributed by atoms with Crippen molar-refractivity contribution in [3.8, 4) is 0 Å². The van der Waals surface area contributed by atoms with Crippen molar-refractivity contribution in [1.29, 1.82) is 0 Å². The summed E-state index contributed by atoms with van der Waals surface area (Å²) in [5.74, 6) is -0.167. The minimum Gasteiger partial charge on any atom is -0.397 e. The van der Waals surface area contributed by atoms with Gasteiger partial charge in [-0.05, 0) is 25.5 Å². The molecule has 0 aliphatic rings. The van der Waals surface area contributed by atoms with Crippen LogP contribution in [0.2, 0.25) is 0 Å². The van der Waals surface area contributed by atoms with E-state index in [2.05, 4.69) is 10.3 Å². The van der Waals surface area contributed by atoms with Crippen LogP contribution in [-0.4, -0.2) is 30.6 Å². The van der Waals surface area contributed by atoms with Gasteiger partial charge in [0, 0.05) is 24.7 Å². The fourth-order valence-corrected chi connectivity index (χ4v) is 2.89. The Morgan fingerprint density at radius 2 is 2.37 bits per heavy atom. The van der Waals surface area contributed by atoms with Gasteiger partial charge in [0.05, 0.1) is 12.3 Å². The van der Waals surface area contributed by atoms with Crippen molar-refractivity contribution in [2.24, 2.45) is 0 Å². The molecule has 2 aromatic heterocycles. The fraction of sp³-hybridized carbons (Fsp3) is 0.385. The first-order chi connectivity index (χ1) is 9.15. The Hall–Kier alpha value is -1.66. The quantitative estimate of drug-likeness (QED) is 0.820. The number of carbonyl (C=O) groups is 1. The molecule has 2 rings (SSSR count). The second kappa shape index (κ2) is 5.99. The number of carbonyl (C=O) groups excluding carboxylic acids is 1. The summed E-state index contributed by atoms with van der Waals surface area (Å²) in [6.07, 6.45) is 1.73. The van der Waals surface area contributed by atoms with Crippen LogP contribution in [0.1, 0.15) is 22.2 Å². The summed E-state index contributed by atoms with van der Waals surface area (Å²) < 4.78 is 5.17. The summed E-state index contributed by atoms with van der Waals surface area (Å²) >= 11 is 1.32. The second-order valence-electron chi connectivity index (χ2n) is 4.11. The topological polar surface area (TPSA) is 77.2 Å². The first kappa shape index (κ1) is 13.8. The van der Waals surface area contributed by atoms with E-state index in [1.807, 2.05) is 19.9 Å². The highest BCUT2D eigenvalue weighted by atomic mass is 32.1. The average molecular weight is 279 g/mol. The van der Waals surface area contributed by atoms with Gasteiger partial charge in [0.2, 0.25) is 0 Å². The Kier molecular flexibility index (Phi) is 4.34. The lowest BCUT2D eigenvalue weighted by Crippen LogP contribution is -2.27. The molecule has 0 fully saturated rings. The van der Waals surface area contributed by atoms with Gasteiger partial charge in [-0.15, -0.1) is 11.3 Å². The Balaban J connectivity index is 2.18. The van der Waals surface area contributed by atoms with Crippen LogP contribution in [0.5, 0.6) is 0 Å². The number of hydrogen-bond donors (Lipinski definition) is 2. The maximum atomic E-state index is 12.0. The minimum atomic E-state index is -0.167. The van der Waals surface area contributed by atoms with E-state index in [1.165, 1.54) is 11.3 Å². The molecule has 0 spiro atoms. The van der Waals surface area contributed by atoms with Crippen LogP contribution in [0.3, 0.4) is 0 Å². The molecule has 0 saturated carbocycles. The van der Waals surface area contributed by atoms with Crippen LogP contribution in [0.4, 0.5) is 5.69 Å². The highest BCUT2D eigenvalue weighted by Crippen LogP contribution is 2.33. The van der Waals surface area contributed by atoms with Gasteiger partial charge in [0.1, 0.15) is 9.71 Å². The zero-order chi connectivity index (χ0) is 13.8. The van der Waals surface area contributed by atoms with Crippen molar-refractivity contribution in [2.75, 3.05) is 25.5 Å². The summed E-state index contributed by atoms with van der Waals surface area (Å²) in [5.41, 5.74) is 7.60. The van der Waals surface area contributed by atoms with Crippen molar-refractivity contribution < 1.29 is 9.53 Å². The van der Waals surface area contributed by atoms with Gasteiger partial charge in [-0.2, -0.15) is 0 Å². The largest absolute Gasteiger partial charge is 0.397 e. The SMILES string of the molecule is CCOCCNC(=O)c1sc2nccc(C)c2c1N. The van der Waals surface area contributed by atoms with Gasteiger partial charge in [-0.25, -0.2) is 4.98 Å². The van der Waals surface area contributed by atoms with Crippen LogP contribution >= 0.6 is 11.3 Å². The normalized spacial score (nSPS) is 10.8. The number of rotatable bonds is 5. The van der Waals surface area contributed by atoms with Crippen molar-refractivity contribution in [1.82, 2.24) is 10.3 Å². The molecular formula is C13H17N3O2S. The summed E-state index contributed by atoms with van der Waals surface area (Å²) in [4.78, 5) is 17.6. The number of pyridine rings is 1. The zero-order valence-corrected chi connectivity index (χ0v) is 11.8. The van der Waals surface area contributed by atoms with E-state index in [9.17, 15) is 4.79 Å². The molecule has 3 N–H and O–H groups in total. The van der Waals surface area contributed by atoms with Crippen molar-refractivity contribution in [2.45, 2.75) is 13.8 Å². The Bertz CT molecular complexity index is 595. The Morgan fingerprint density at radius 1 is 1.58 bits per heavy atom. The lowest BCUT2D eigenvalue weighted by Gasteiger charge is -2.04. The van der Waals surface area contributed by atoms with E-state index in [1.54, 1.807) is 6.20 Å². The lowest BCUT2D eigenvalue weighted by molar-refractivity contribution is 0.0927. The number of ether oxygens (including phenoxy) is 1. The molecule has 0 aliphatic carbocycles. The molecule has 0 saturated heterocycles. The number of anilines is 1. The van der Waals surface area contributed by atoms with Gasteiger partial charge >= 0.3 is 0 Å². The maximum absolute atomic E-state index is 12.0. The van der Waals surface area contributed by atoms with Gasteiger partial charge in [0.25, 0.3) is 5.91 Å². The van der Waals surface area contributed by atoms with Gasteiger partial charge in [-0.1, -0.05) is 0 Å². The van der Waals surface area contributed by atoms with Crippen LogP contribution < -0.4 is 11.1 Å². The molecule has 6 heteroatoms. The van der Waals surface area contributed by atoms with E-state index < -0.39 is 0 Å². The molecule has 0 bridgehead atoms. The molecule has 2 heterocycles. The summed E-state index contributed by atoms with van der Waals surface area (Å²) in [6.45, 7) is 5.51. The van der Waals surface area contributed by atoms with E-state index in [4.69, 9.17) is 10.5 Å². The third kappa shape index (κ3) is 2.85. The van der Waals surface area contributed by atoms with Crippen LogP contribution in [-0.2, 0) is 4.74 Å². The molecule has 102 valence electrons. The predicted molar refractivity (Wildman–Crippen MR) is 77.6 cm³/mol. The number of aromatic nitrogens is 1. The average Bonchev–Trinajstić information content (AvgIpc) is 2.73. The maximum Gasteiger partial charge on any atom is 0.263 e. The Morgan fingerprint density at radius 3 is 3.05 bits per heavy atom. The summed E-state index contributed by atoms with van der Waals surface area (Å²) in [7, 11) is 0. The molecule has 0 aliphatic heterocycles. The highest BCUT2D eigenvalue weighted by molar-refractivity contribution is 7.21. The van der Waals surface area contributed by atoms with E-state index in [0.717, 1.165) is 15.8 Å². The standard InChI is InChI=1S/C13H17N3O2S/c1-3-18-7-6-15-12(17)11-10(14)9-8(2)4-5-16-13(9)19-11/h4-5H,3,6-7,14H2,1-2H3,(H,15,17). The zero-order valence-electron chi connectivity index (χ0n) is 11.0. The summed E-state index contributed by atoms with van der Waals surface area (Å²) in [6, 6.07) is 1.89. The number of nitrogens with one attached hydrogen (secondary N) is 1. The highest BCUT2D eigenvalue weighted by Gasteiger charge is 2.17.